The van der Waals surface area contributed by atoms with E-state index in [0.29, 0.717) is 5.03 Å². The quantitative estimate of drug-likeness (QED) is 0.742. The number of aromatic nitrogens is 1. The van der Waals surface area contributed by atoms with Crippen LogP contribution in [0.15, 0.2) is 21.8 Å². The van der Waals surface area contributed by atoms with Gasteiger partial charge in [0.05, 0.1) is 10.8 Å². The summed E-state index contributed by atoms with van der Waals surface area (Å²) in [6, 6.07) is 1.82. The van der Waals surface area contributed by atoms with Gasteiger partial charge in [0.25, 0.3) is 0 Å². The summed E-state index contributed by atoms with van der Waals surface area (Å²) >= 11 is 3.32. The van der Waals surface area contributed by atoms with Gasteiger partial charge in [0.2, 0.25) is 0 Å². The zero-order valence-corrected chi connectivity index (χ0v) is 8.70. The van der Waals surface area contributed by atoms with Crippen molar-refractivity contribution in [2.75, 3.05) is 6.26 Å². The molecule has 1 aromatic heterocycles. The smallest absolute Gasteiger partial charge is 0.127 e. The van der Waals surface area contributed by atoms with Crippen LogP contribution in [-0.2, 0) is 10.8 Å². The molecule has 60 valence electrons. The molecule has 0 amide bonds. The monoisotopic (exact) mass is 233 g/mol. The summed E-state index contributed by atoms with van der Waals surface area (Å²) in [5.41, 5.74) is 1.06. The molecule has 0 aliphatic carbocycles. The lowest BCUT2D eigenvalue weighted by Gasteiger charge is -1.98. The van der Waals surface area contributed by atoms with Crippen molar-refractivity contribution >= 4 is 26.7 Å². The van der Waals surface area contributed by atoms with Crippen LogP contribution in [0.2, 0.25) is 0 Å². The summed E-state index contributed by atoms with van der Waals surface area (Å²) in [6.07, 6.45) is 3.29. The summed E-state index contributed by atoms with van der Waals surface area (Å²) in [7, 11) is -0.979. The number of hydrogen-bond donors (Lipinski definition) is 0. The van der Waals surface area contributed by atoms with Crippen LogP contribution in [0.3, 0.4) is 0 Å². The molecular formula is C7H8BrNOS. The molecule has 2 nitrogen and oxygen atoms in total. The molecule has 0 saturated heterocycles. The molecule has 1 heterocycles. The van der Waals surface area contributed by atoms with E-state index in [-0.39, 0.29) is 0 Å². The van der Waals surface area contributed by atoms with Crippen molar-refractivity contribution in [3.05, 3.63) is 22.3 Å². The van der Waals surface area contributed by atoms with E-state index in [2.05, 4.69) is 20.9 Å². The van der Waals surface area contributed by atoms with Gasteiger partial charge in [-0.2, -0.15) is 0 Å². The van der Waals surface area contributed by atoms with Crippen molar-refractivity contribution < 1.29 is 4.21 Å². The molecule has 0 saturated carbocycles. The average molecular weight is 234 g/mol. The minimum atomic E-state index is -0.979. The van der Waals surface area contributed by atoms with Gasteiger partial charge < -0.3 is 0 Å². The van der Waals surface area contributed by atoms with Crippen LogP contribution in [0.1, 0.15) is 5.56 Å². The van der Waals surface area contributed by atoms with Gasteiger partial charge in [0, 0.05) is 16.9 Å². The third kappa shape index (κ3) is 2.10. The maximum atomic E-state index is 10.9. The number of nitrogens with zero attached hydrogens (tertiary/aromatic N) is 1. The first kappa shape index (κ1) is 8.87. The highest BCUT2D eigenvalue weighted by molar-refractivity contribution is 9.10. The summed E-state index contributed by atoms with van der Waals surface area (Å²) in [4.78, 5) is 3.99. The van der Waals surface area contributed by atoms with Gasteiger partial charge in [-0.15, -0.1) is 0 Å². The molecule has 1 atom stereocenters. The van der Waals surface area contributed by atoms with Crippen LogP contribution in [0.25, 0.3) is 0 Å². The normalized spacial score (nSPS) is 13.0. The second-order valence-electron chi connectivity index (χ2n) is 2.23. The van der Waals surface area contributed by atoms with Gasteiger partial charge in [-0.3, -0.25) is 4.21 Å². The molecule has 4 heteroatoms. The highest BCUT2D eigenvalue weighted by atomic mass is 79.9. The molecule has 0 unspecified atom stereocenters. The van der Waals surface area contributed by atoms with Crippen LogP contribution < -0.4 is 0 Å². The summed E-state index contributed by atoms with van der Waals surface area (Å²) in [5.74, 6) is 0. The average Bonchev–Trinajstić information content (AvgIpc) is 1.94. The fraction of sp³-hybridized carbons (Fsp3) is 0.286. The van der Waals surface area contributed by atoms with E-state index in [4.69, 9.17) is 0 Å². The van der Waals surface area contributed by atoms with Crippen molar-refractivity contribution in [2.24, 2.45) is 0 Å². The van der Waals surface area contributed by atoms with E-state index in [1.807, 2.05) is 13.0 Å². The Kier molecular flexibility index (Phi) is 2.78. The van der Waals surface area contributed by atoms with Gasteiger partial charge in [-0.1, -0.05) is 0 Å². The first-order valence-corrected chi connectivity index (χ1v) is 5.42. The van der Waals surface area contributed by atoms with E-state index in [1.165, 1.54) is 0 Å². The zero-order chi connectivity index (χ0) is 8.43. The molecule has 1 rings (SSSR count). The summed E-state index contributed by atoms with van der Waals surface area (Å²) in [6.45, 7) is 1.95. The van der Waals surface area contributed by atoms with E-state index >= 15 is 0 Å². The van der Waals surface area contributed by atoms with Crippen LogP contribution in [0.4, 0.5) is 0 Å². The Morgan fingerprint density at radius 3 is 2.73 bits per heavy atom. The van der Waals surface area contributed by atoms with E-state index < -0.39 is 10.8 Å². The maximum Gasteiger partial charge on any atom is 0.127 e. The standard InChI is InChI=1S/C7H8BrNOS/c1-5-3-7(11(2)10)9-4-6(5)8/h3-4H,1-2H3/t11-/m0/s1. The molecule has 1 aromatic rings. The lowest BCUT2D eigenvalue weighted by Crippen LogP contribution is -1.92. The van der Waals surface area contributed by atoms with Gasteiger partial charge in [0.15, 0.2) is 0 Å². The Hall–Kier alpha value is -0.220. The van der Waals surface area contributed by atoms with E-state index in [9.17, 15) is 4.21 Å². The number of hydrogen-bond acceptors (Lipinski definition) is 2. The van der Waals surface area contributed by atoms with E-state index in [1.54, 1.807) is 12.5 Å². The predicted molar refractivity (Wildman–Crippen MR) is 49.0 cm³/mol. The first-order valence-electron chi connectivity index (χ1n) is 3.07. The SMILES string of the molecule is Cc1cc([S@](C)=O)ncc1Br. The topological polar surface area (TPSA) is 30.0 Å². The Bertz CT molecular complexity index is 300. The number of halogens is 1. The lowest BCUT2D eigenvalue weighted by atomic mass is 10.3. The Morgan fingerprint density at radius 2 is 2.27 bits per heavy atom. The fourth-order valence-electron chi connectivity index (χ4n) is 0.671. The summed E-state index contributed by atoms with van der Waals surface area (Å²) < 4.78 is 11.9. The molecule has 0 aliphatic heterocycles. The van der Waals surface area contributed by atoms with Crippen molar-refractivity contribution in [2.45, 2.75) is 11.9 Å². The minimum Gasteiger partial charge on any atom is -0.253 e. The third-order valence-corrected chi connectivity index (χ3v) is 2.96. The number of pyridine rings is 1. The van der Waals surface area contributed by atoms with Crippen LogP contribution in [0.5, 0.6) is 0 Å². The highest BCUT2D eigenvalue weighted by Crippen LogP contribution is 2.15. The van der Waals surface area contributed by atoms with Gasteiger partial charge in [0.1, 0.15) is 5.03 Å². The van der Waals surface area contributed by atoms with Crippen LogP contribution in [-0.4, -0.2) is 15.4 Å². The Balaban J connectivity index is 3.15. The van der Waals surface area contributed by atoms with Crippen molar-refractivity contribution in [3.8, 4) is 0 Å². The third-order valence-electron chi connectivity index (χ3n) is 1.32. The van der Waals surface area contributed by atoms with Crippen LogP contribution in [0, 0.1) is 6.92 Å². The van der Waals surface area contributed by atoms with E-state index in [0.717, 1.165) is 10.0 Å². The number of aryl methyl sites for hydroxylation is 1. The highest BCUT2D eigenvalue weighted by Gasteiger charge is 2.00. The molecular weight excluding hydrogens is 226 g/mol. The molecule has 0 aliphatic rings. The first-order chi connectivity index (χ1) is 5.11. The van der Waals surface area contributed by atoms with Crippen LogP contribution >= 0.6 is 15.9 Å². The van der Waals surface area contributed by atoms with Crippen molar-refractivity contribution in [1.29, 1.82) is 0 Å². The largest absolute Gasteiger partial charge is 0.253 e. The fourth-order valence-corrected chi connectivity index (χ4v) is 1.43. The molecule has 0 radical (unpaired) electrons. The Morgan fingerprint density at radius 1 is 1.64 bits per heavy atom. The second kappa shape index (κ2) is 3.45. The predicted octanol–water partition coefficient (Wildman–Crippen LogP) is 1.89. The second-order valence-corrected chi connectivity index (χ2v) is 4.41. The lowest BCUT2D eigenvalue weighted by molar-refractivity contribution is 0.684. The summed E-state index contributed by atoms with van der Waals surface area (Å²) in [5, 5.41) is 0.630. The van der Waals surface area contributed by atoms with Gasteiger partial charge in [-0.05, 0) is 34.5 Å². The van der Waals surface area contributed by atoms with Crippen molar-refractivity contribution in [3.63, 3.8) is 0 Å². The number of rotatable bonds is 1. The molecule has 11 heavy (non-hydrogen) atoms. The minimum absolute atomic E-state index is 0.630. The zero-order valence-electron chi connectivity index (χ0n) is 6.30. The molecule has 0 fully saturated rings. The van der Waals surface area contributed by atoms with Gasteiger partial charge in [-0.25, -0.2) is 4.98 Å². The molecule has 0 bridgehead atoms. The van der Waals surface area contributed by atoms with Crippen molar-refractivity contribution in [1.82, 2.24) is 4.98 Å². The Labute approximate surface area is 76.6 Å². The van der Waals surface area contributed by atoms with Gasteiger partial charge >= 0.3 is 0 Å². The maximum absolute atomic E-state index is 10.9. The molecule has 0 spiro atoms. The molecule has 0 aromatic carbocycles. The molecule has 0 N–H and O–H groups in total.